The smallest absolute Gasteiger partial charge is 0.413 e. The lowest BCUT2D eigenvalue weighted by Crippen LogP contribution is -2.40. The van der Waals surface area contributed by atoms with E-state index >= 15 is 0 Å². The maximum atomic E-state index is 12.4. The molecule has 1 heterocycles. The van der Waals surface area contributed by atoms with Crippen molar-refractivity contribution in [1.29, 1.82) is 0 Å². The maximum Gasteiger partial charge on any atom is 0.413 e. The molecule has 11 heteroatoms. The Morgan fingerprint density at radius 2 is 1.61 bits per heavy atom. The van der Waals surface area contributed by atoms with E-state index < -0.39 is 34.8 Å². The van der Waals surface area contributed by atoms with Gasteiger partial charge in [0.25, 0.3) is 0 Å². The van der Waals surface area contributed by atoms with Crippen molar-refractivity contribution in [3.63, 3.8) is 0 Å². The molecule has 0 saturated carbocycles. The van der Waals surface area contributed by atoms with Gasteiger partial charge in [0.1, 0.15) is 16.9 Å². The fourth-order valence-corrected chi connectivity index (χ4v) is 2.50. The summed E-state index contributed by atoms with van der Waals surface area (Å²) < 4.78 is 15.5. The molecule has 0 aromatic carbocycles. The molecule has 0 spiro atoms. The number of carbonyl (C=O) groups excluding carboxylic acids is 3. The molecule has 0 saturated heterocycles. The van der Waals surface area contributed by atoms with Crippen LogP contribution >= 0.6 is 11.3 Å². The van der Waals surface area contributed by atoms with E-state index in [1.54, 1.807) is 48.5 Å². The zero-order chi connectivity index (χ0) is 24.0. The van der Waals surface area contributed by atoms with Gasteiger partial charge >= 0.3 is 18.0 Å². The molecule has 0 unspecified atom stereocenters. The van der Waals surface area contributed by atoms with Gasteiger partial charge < -0.3 is 19.0 Å². The number of carbonyl (C=O) groups is 3. The first-order valence-electron chi connectivity index (χ1n) is 9.66. The Labute approximate surface area is 186 Å². The first kappa shape index (κ1) is 26.3. The van der Waals surface area contributed by atoms with Gasteiger partial charge in [0.2, 0.25) is 11.3 Å². The van der Waals surface area contributed by atoms with Crippen LogP contribution in [0.4, 0.5) is 9.93 Å². The van der Waals surface area contributed by atoms with Gasteiger partial charge in [-0.3, -0.25) is 5.32 Å². The van der Waals surface area contributed by atoms with E-state index in [0.29, 0.717) is 0 Å². The summed E-state index contributed by atoms with van der Waals surface area (Å²) in [6, 6.07) is 0. The Morgan fingerprint density at radius 1 is 1.03 bits per heavy atom. The summed E-state index contributed by atoms with van der Waals surface area (Å²) in [6.45, 7) is 15.0. The standard InChI is InChI=1S/C20H31N3O7S/c1-10-27-14(24)13(23-30-20(8,9)15(25)28-18(2,3)4)12-11-31-16(21-12)22-17(26)29-19(5,6)7/h11H,10H2,1-9H3,(H,21,22,26)/b23-13-. The molecule has 174 valence electrons. The van der Waals surface area contributed by atoms with Gasteiger partial charge in [0, 0.05) is 5.38 Å². The second-order valence-electron chi connectivity index (χ2n) is 8.93. The monoisotopic (exact) mass is 457 g/mol. The Kier molecular flexibility index (Phi) is 8.57. The van der Waals surface area contributed by atoms with E-state index in [2.05, 4.69) is 15.5 Å². The van der Waals surface area contributed by atoms with Crippen LogP contribution in [-0.4, -0.2) is 52.1 Å². The number of esters is 2. The Hall–Kier alpha value is -2.69. The van der Waals surface area contributed by atoms with Crippen LogP contribution < -0.4 is 5.32 Å². The number of aromatic nitrogens is 1. The fourth-order valence-electron chi connectivity index (χ4n) is 1.82. The van der Waals surface area contributed by atoms with E-state index in [1.807, 2.05) is 0 Å². The molecule has 0 aliphatic rings. The summed E-state index contributed by atoms with van der Waals surface area (Å²) in [4.78, 5) is 46.2. The summed E-state index contributed by atoms with van der Waals surface area (Å²) >= 11 is 1.06. The quantitative estimate of drug-likeness (QED) is 0.283. The van der Waals surface area contributed by atoms with Crippen LogP contribution in [0.25, 0.3) is 0 Å². The topological polar surface area (TPSA) is 125 Å². The third-order valence-corrected chi connectivity index (χ3v) is 3.84. The van der Waals surface area contributed by atoms with Crippen LogP contribution in [0.15, 0.2) is 10.5 Å². The molecule has 0 bridgehead atoms. The van der Waals surface area contributed by atoms with Gasteiger partial charge in [-0.25, -0.2) is 19.4 Å². The predicted octanol–water partition coefficient (Wildman–Crippen LogP) is 3.89. The van der Waals surface area contributed by atoms with Crippen LogP contribution in [0.3, 0.4) is 0 Å². The molecule has 1 amide bonds. The van der Waals surface area contributed by atoms with Crippen LogP contribution in [0.1, 0.15) is 68.0 Å². The Morgan fingerprint density at radius 3 is 2.13 bits per heavy atom. The number of hydrogen-bond donors (Lipinski definition) is 1. The van der Waals surface area contributed by atoms with E-state index in [1.165, 1.54) is 19.2 Å². The summed E-state index contributed by atoms with van der Waals surface area (Å²) in [6.07, 6.45) is -0.690. The van der Waals surface area contributed by atoms with Gasteiger partial charge in [0.15, 0.2) is 5.13 Å². The summed E-state index contributed by atoms with van der Waals surface area (Å²) in [5.41, 5.74) is -3.02. The fraction of sp³-hybridized carbons (Fsp3) is 0.650. The molecule has 0 aliphatic carbocycles. The van der Waals surface area contributed by atoms with Crippen molar-refractivity contribution in [3.8, 4) is 0 Å². The molecule has 1 aromatic heterocycles. The minimum absolute atomic E-state index is 0.0977. The number of amides is 1. The summed E-state index contributed by atoms with van der Waals surface area (Å²) in [5, 5.41) is 7.99. The minimum atomic E-state index is -1.47. The highest BCUT2D eigenvalue weighted by Gasteiger charge is 2.36. The number of anilines is 1. The number of ether oxygens (including phenoxy) is 3. The highest BCUT2D eigenvalue weighted by Crippen LogP contribution is 2.21. The third-order valence-electron chi connectivity index (χ3n) is 3.08. The highest BCUT2D eigenvalue weighted by atomic mass is 32.1. The second-order valence-corrected chi connectivity index (χ2v) is 9.79. The Balaban J connectivity index is 3.08. The van der Waals surface area contributed by atoms with E-state index in [4.69, 9.17) is 19.0 Å². The zero-order valence-corrected chi connectivity index (χ0v) is 20.3. The number of hydrogen-bond acceptors (Lipinski definition) is 10. The lowest BCUT2D eigenvalue weighted by Gasteiger charge is -2.26. The number of nitrogens with one attached hydrogen (secondary N) is 1. The van der Waals surface area contributed by atoms with Gasteiger partial charge in [-0.2, -0.15) is 0 Å². The molecule has 1 aromatic rings. The molecule has 0 radical (unpaired) electrons. The molecular weight excluding hydrogens is 426 g/mol. The largest absolute Gasteiger partial charge is 0.461 e. The Bertz CT molecular complexity index is 833. The van der Waals surface area contributed by atoms with E-state index in [9.17, 15) is 14.4 Å². The molecule has 31 heavy (non-hydrogen) atoms. The molecule has 10 nitrogen and oxygen atoms in total. The third kappa shape index (κ3) is 9.33. The number of nitrogens with zero attached hydrogens (tertiary/aromatic N) is 2. The van der Waals surface area contributed by atoms with Crippen LogP contribution in [0.2, 0.25) is 0 Å². The summed E-state index contributed by atoms with van der Waals surface area (Å²) in [7, 11) is 0. The number of oxime groups is 1. The second kappa shape index (κ2) is 10.1. The normalized spacial score (nSPS) is 12.7. The average molecular weight is 458 g/mol. The van der Waals surface area contributed by atoms with Crippen LogP contribution in [0.5, 0.6) is 0 Å². The first-order chi connectivity index (χ1) is 14.0. The van der Waals surface area contributed by atoms with Crippen molar-refractivity contribution in [2.75, 3.05) is 11.9 Å². The molecular formula is C20H31N3O7S. The van der Waals surface area contributed by atoms with Crippen molar-refractivity contribution in [2.24, 2.45) is 5.16 Å². The van der Waals surface area contributed by atoms with Crippen molar-refractivity contribution < 1.29 is 33.4 Å². The van der Waals surface area contributed by atoms with Gasteiger partial charge in [0.05, 0.1) is 6.61 Å². The summed E-state index contributed by atoms with van der Waals surface area (Å²) in [5.74, 6) is -1.45. The number of rotatable bonds is 7. The highest BCUT2D eigenvalue weighted by molar-refractivity contribution is 7.14. The number of thiazole rings is 1. The van der Waals surface area contributed by atoms with Crippen molar-refractivity contribution in [3.05, 3.63) is 11.1 Å². The molecule has 1 rings (SSSR count). The zero-order valence-electron chi connectivity index (χ0n) is 19.4. The van der Waals surface area contributed by atoms with E-state index in [-0.39, 0.29) is 23.1 Å². The average Bonchev–Trinajstić information content (AvgIpc) is 2.99. The van der Waals surface area contributed by atoms with Crippen LogP contribution in [-0.2, 0) is 28.6 Å². The molecule has 1 N–H and O–H groups in total. The first-order valence-corrected chi connectivity index (χ1v) is 10.5. The SMILES string of the molecule is CCOC(=O)/C(=N\OC(C)(C)C(=O)OC(C)(C)C)c1csc(NC(=O)OC(C)(C)C)n1. The minimum Gasteiger partial charge on any atom is -0.461 e. The van der Waals surface area contributed by atoms with Gasteiger partial charge in [-0.1, -0.05) is 5.16 Å². The van der Waals surface area contributed by atoms with Crippen LogP contribution in [0, 0.1) is 0 Å². The predicted molar refractivity (Wildman–Crippen MR) is 116 cm³/mol. The lowest BCUT2D eigenvalue weighted by molar-refractivity contribution is -0.179. The van der Waals surface area contributed by atoms with Gasteiger partial charge in [-0.15, -0.1) is 11.3 Å². The molecule has 0 fully saturated rings. The lowest BCUT2D eigenvalue weighted by atomic mass is 10.1. The van der Waals surface area contributed by atoms with Crippen molar-refractivity contribution in [1.82, 2.24) is 4.98 Å². The van der Waals surface area contributed by atoms with Crippen molar-refractivity contribution >= 4 is 40.2 Å². The molecule has 0 atom stereocenters. The van der Waals surface area contributed by atoms with Crippen molar-refractivity contribution in [2.45, 2.75) is 79.1 Å². The molecule has 0 aliphatic heterocycles. The van der Waals surface area contributed by atoms with E-state index in [0.717, 1.165) is 11.3 Å². The van der Waals surface area contributed by atoms with Gasteiger partial charge in [-0.05, 0) is 62.3 Å². The maximum absolute atomic E-state index is 12.4.